The Labute approximate surface area is 165 Å². The molecule has 27 heavy (non-hydrogen) atoms. The first kappa shape index (κ1) is 19.8. The predicted molar refractivity (Wildman–Crippen MR) is 107 cm³/mol. The van der Waals surface area contributed by atoms with Gasteiger partial charge in [0.15, 0.2) is 0 Å². The maximum atomic E-state index is 13.3. The fraction of sp³-hybridized carbons (Fsp3) is 0.409. The number of likely N-dealkylation sites (tertiary alicyclic amines) is 1. The second kappa shape index (κ2) is 9.34. The summed E-state index contributed by atoms with van der Waals surface area (Å²) in [6.45, 7) is 4.50. The van der Waals surface area contributed by atoms with Gasteiger partial charge in [-0.25, -0.2) is 4.39 Å². The Morgan fingerprint density at radius 2 is 1.74 bits per heavy atom. The molecule has 1 heterocycles. The highest BCUT2D eigenvalue weighted by Gasteiger charge is 2.25. The number of nitrogens with zero attached hydrogens (tertiary/aromatic N) is 1. The lowest BCUT2D eigenvalue weighted by atomic mass is 10.00. The molecular formula is C22H26ClFN2O. The highest BCUT2D eigenvalue weighted by molar-refractivity contribution is 6.30. The van der Waals surface area contributed by atoms with Crippen LogP contribution >= 0.6 is 11.6 Å². The summed E-state index contributed by atoms with van der Waals surface area (Å²) in [6, 6.07) is 14.3. The summed E-state index contributed by atoms with van der Waals surface area (Å²) < 4.78 is 13.3. The van der Waals surface area contributed by atoms with E-state index in [1.165, 1.54) is 25.0 Å². The molecule has 0 aromatic heterocycles. The highest BCUT2D eigenvalue weighted by atomic mass is 35.5. The summed E-state index contributed by atoms with van der Waals surface area (Å²) in [4.78, 5) is 15.0. The number of rotatable bonds is 7. The molecule has 3 rings (SSSR count). The molecule has 5 heteroatoms. The van der Waals surface area contributed by atoms with Crippen molar-refractivity contribution in [3.05, 3.63) is 70.5 Å². The van der Waals surface area contributed by atoms with Gasteiger partial charge in [0.25, 0.3) is 0 Å². The van der Waals surface area contributed by atoms with E-state index < -0.39 is 0 Å². The quantitative estimate of drug-likeness (QED) is 0.751. The molecule has 0 bridgehead atoms. The van der Waals surface area contributed by atoms with E-state index in [-0.39, 0.29) is 23.7 Å². The second-order valence-electron chi connectivity index (χ2n) is 7.29. The molecule has 2 atom stereocenters. The zero-order valence-electron chi connectivity index (χ0n) is 15.6. The zero-order valence-corrected chi connectivity index (χ0v) is 16.4. The van der Waals surface area contributed by atoms with Crippen LogP contribution in [-0.2, 0) is 11.2 Å². The SMILES string of the molecule is CC(Cc1ccc(Cl)cc1)C(=O)NCC(c1ccc(F)cc1)N1CCCC1. The smallest absolute Gasteiger partial charge is 0.223 e. The molecule has 0 saturated carbocycles. The van der Waals surface area contributed by atoms with Crippen LogP contribution in [0.1, 0.15) is 36.9 Å². The van der Waals surface area contributed by atoms with E-state index >= 15 is 0 Å². The van der Waals surface area contributed by atoms with Crippen molar-refractivity contribution >= 4 is 17.5 Å². The molecule has 0 radical (unpaired) electrons. The fourth-order valence-corrected chi connectivity index (χ4v) is 3.76. The summed E-state index contributed by atoms with van der Waals surface area (Å²) in [6.07, 6.45) is 3.01. The van der Waals surface area contributed by atoms with E-state index in [9.17, 15) is 9.18 Å². The second-order valence-corrected chi connectivity index (χ2v) is 7.72. The number of nitrogens with one attached hydrogen (secondary N) is 1. The van der Waals surface area contributed by atoms with Crippen molar-refractivity contribution in [3.63, 3.8) is 0 Å². The van der Waals surface area contributed by atoms with E-state index in [2.05, 4.69) is 10.2 Å². The molecule has 1 saturated heterocycles. The topological polar surface area (TPSA) is 32.3 Å². The molecule has 0 aliphatic carbocycles. The largest absolute Gasteiger partial charge is 0.354 e. The molecule has 2 aromatic rings. The molecule has 0 spiro atoms. The first-order chi connectivity index (χ1) is 13.0. The fourth-order valence-electron chi connectivity index (χ4n) is 3.63. The molecule has 2 unspecified atom stereocenters. The van der Waals surface area contributed by atoms with Crippen molar-refractivity contribution in [1.29, 1.82) is 0 Å². The monoisotopic (exact) mass is 388 g/mol. The van der Waals surface area contributed by atoms with Crippen LogP contribution in [0.25, 0.3) is 0 Å². The lowest BCUT2D eigenvalue weighted by molar-refractivity contribution is -0.124. The average molecular weight is 389 g/mol. The van der Waals surface area contributed by atoms with E-state index in [0.29, 0.717) is 18.0 Å². The van der Waals surface area contributed by atoms with Crippen LogP contribution < -0.4 is 5.32 Å². The minimum Gasteiger partial charge on any atom is -0.354 e. The standard InChI is InChI=1S/C22H26ClFN2O/c1-16(14-17-4-8-19(23)9-5-17)22(27)25-15-21(26-12-2-3-13-26)18-6-10-20(24)11-7-18/h4-11,16,21H,2-3,12-15H2,1H3,(H,25,27). The Morgan fingerprint density at radius 3 is 2.37 bits per heavy atom. The average Bonchev–Trinajstić information content (AvgIpc) is 3.19. The van der Waals surface area contributed by atoms with Gasteiger partial charge in [-0.05, 0) is 67.7 Å². The molecule has 144 valence electrons. The molecule has 1 aliphatic heterocycles. The lowest BCUT2D eigenvalue weighted by Crippen LogP contribution is -2.39. The molecule has 1 aliphatic rings. The number of amides is 1. The van der Waals surface area contributed by atoms with Crippen molar-refractivity contribution in [2.75, 3.05) is 19.6 Å². The van der Waals surface area contributed by atoms with E-state index in [1.54, 1.807) is 0 Å². The first-order valence-corrected chi connectivity index (χ1v) is 9.92. The van der Waals surface area contributed by atoms with E-state index in [4.69, 9.17) is 11.6 Å². The molecule has 1 fully saturated rings. The minimum atomic E-state index is -0.237. The summed E-state index contributed by atoms with van der Waals surface area (Å²) in [5.74, 6) is -0.325. The predicted octanol–water partition coefficient (Wildman–Crippen LogP) is 4.61. The van der Waals surface area contributed by atoms with Gasteiger partial charge in [0.05, 0.1) is 6.04 Å². The molecule has 3 nitrogen and oxygen atoms in total. The van der Waals surface area contributed by atoms with Crippen LogP contribution in [0, 0.1) is 11.7 Å². The lowest BCUT2D eigenvalue weighted by Gasteiger charge is -2.28. The molecule has 1 amide bonds. The van der Waals surface area contributed by atoms with E-state index in [0.717, 1.165) is 24.2 Å². The molecular weight excluding hydrogens is 363 g/mol. The zero-order chi connectivity index (χ0) is 19.2. The Hall–Kier alpha value is -1.91. The maximum Gasteiger partial charge on any atom is 0.223 e. The summed E-state index contributed by atoms with van der Waals surface area (Å²) in [5, 5.41) is 3.80. The normalized spacial score (nSPS) is 16.9. The number of carbonyl (C=O) groups excluding carboxylic acids is 1. The van der Waals surface area contributed by atoms with Crippen LogP contribution in [0.4, 0.5) is 4.39 Å². The Bertz CT molecular complexity index is 742. The van der Waals surface area contributed by atoms with Crippen LogP contribution in [-0.4, -0.2) is 30.4 Å². The van der Waals surface area contributed by atoms with Crippen molar-refractivity contribution in [3.8, 4) is 0 Å². The van der Waals surface area contributed by atoms with Gasteiger partial charge >= 0.3 is 0 Å². The van der Waals surface area contributed by atoms with E-state index in [1.807, 2.05) is 43.3 Å². The van der Waals surface area contributed by atoms with Gasteiger partial charge < -0.3 is 5.32 Å². The summed E-state index contributed by atoms with van der Waals surface area (Å²) >= 11 is 5.92. The third kappa shape index (κ3) is 5.53. The third-order valence-electron chi connectivity index (χ3n) is 5.21. The minimum absolute atomic E-state index is 0.0382. The highest BCUT2D eigenvalue weighted by Crippen LogP contribution is 2.25. The molecule has 1 N–H and O–H groups in total. The number of carbonyl (C=O) groups is 1. The van der Waals surface area contributed by atoms with Gasteiger partial charge in [-0.2, -0.15) is 0 Å². The van der Waals surface area contributed by atoms with Gasteiger partial charge in [0.1, 0.15) is 5.82 Å². The van der Waals surface area contributed by atoms with Crippen molar-refractivity contribution in [2.45, 2.75) is 32.2 Å². The van der Waals surface area contributed by atoms with Crippen LogP contribution in [0.5, 0.6) is 0 Å². The van der Waals surface area contributed by atoms with Gasteiger partial charge in [0, 0.05) is 17.5 Å². The Balaban J connectivity index is 1.60. The Kier molecular flexibility index (Phi) is 6.86. The molecule has 2 aromatic carbocycles. The number of hydrogen-bond acceptors (Lipinski definition) is 2. The van der Waals surface area contributed by atoms with Crippen LogP contribution in [0.3, 0.4) is 0 Å². The van der Waals surface area contributed by atoms with Crippen molar-refractivity contribution in [1.82, 2.24) is 10.2 Å². The van der Waals surface area contributed by atoms with Crippen molar-refractivity contribution < 1.29 is 9.18 Å². The number of benzene rings is 2. The summed E-state index contributed by atoms with van der Waals surface area (Å²) in [7, 11) is 0. The Morgan fingerprint density at radius 1 is 1.11 bits per heavy atom. The van der Waals surface area contributed by atoms with Crippen molar-refractivity contribution in [2.24, 2.45) is 5.92 Å². The summed E-state index contributed by atoms with van der Waals surface area (Å²) in [5.41, 5.74) is 2.14. The van der Waals surface area contributed by atoms with Crippen LogP contribution in [0.15, 0.2) is 48.5 Å². The first-order valence-electron chi connectivity index (χ1n) is 9.54. The van der Waals surface area contributed by atoms with Gasteiger partial charge in [-0.15, -0.1) is 0 Å². The van der Waals surface area contributed by atoms with Gasteiger partial charge in [0.2, 0.25) is 5.91 Å². The third-order valence-corrected chi connectivity index (χ3v) is 5.46. The van der Waals surface area contributed by atoms with Crippen LogP contribution in [0.2, 0.25) is 5.02 Å². The van der Waals surface area contributed by atoms with Gasteiger partial charge in [-0.3, -0.25) is 9.69 Å². The van der Waals surface area contributed by atoms with Gasteiger partial charge in [-0.1, -0.05) is 42.8 Å². The maximum absolute atomic E-state index is 13.3. The number of halogens is 2. The number of hydrogen-bond donors (Lipinski definition) is 1.